The number of nitro groups is 1. The van der Waals surface area contributed by atoms with Gasteiger partial charge in [0.2, 0.25) is 5.90 Å². The number of carbonyl (C=O) groups is 2. The number of hydrogen-bond acceptors (Lipinski definition) is 7. The molecule has 3 rings (SSSR count). The molecule has 0 bridgehead atoms. The number of rotatable bonds is 6. The van der Waals surface area contributed by atoms with Crippen LogP contribution in [0.5, 0.6) is 5.75 Å². The first-order chi connectivity index (χ1) is 14.7. The predicted octanol–water partition coefficient (Wildman–Crippen LogP) is 5.16. The van der Waals surface area contributed by atoms with E-state index in [1.165, 1.54) is 12.1 Å². The predicted molar refractivity (Wildman–Crippen MR) is 131 cm³/mol. The van der Waals surface area contributed by atoms with Crippen molar-refractivity contribution in [3.05, 3.63) is 70.0 Å². The molecule has 0 aliphatic carbocycles. The number of ether oxygens (including phenoxy) is 2. The van der Waals surface area contributed by atoms with E-state index < -0.39 is 10.9 Å². The molecule has 0 N–H and O–H groups in total. The Kier molecular flexibility index (Phi) is 7.41. The highest BCUT2D eigenvalue weighted by Crippen LogP contribution is 2.31. The molecule has 1 aliphatic rings. The zero-order chi connectivity index (χ0) is 22.7. The Bertz CT molecular complexity index is 1130. The second-order valence-electron chi connectivity index (χ2n) is 6.58. The molecule has 0 radical (unpaired) electrons. The zero-order valence-electron chi connectivity index (χ0n) is 16.5. The van der Waals surface area contributed by atoms with Gasteiger partial charge < -0.3 is 9.47 Å². The first kappa shape index (κ1) is 23.3. The van der Waals surface area contributed by atoms with Crippen molar-refractivity contribution in [2.24, 2.45) is 4.99 Å². The molecule has 31 heavy (non-hydrogen) atoms. The summed E-state index contributed by atoms with van der Waals surface area (Å²) in [5.74, 6) is -0.450. The number of hydrogen-bond donors (Lipinski definition) is 0. The largest absolute Gasteiger partial charge is 0.424 e. The van der Waals surface area contributed by atoms with Gasteiger partial charge in [-0.15, -0.1) is 0 Å². The maximum Gasteiger partial charge on any atom is 0.363 e. The number of aliphatic imine (C=N–C) groups is 1. The quantitative estimate of drug-likeness (QED) is 0.107. The molecule has 2 aromatic carbocycles. The van der Waals surface area contributed by atoms with Crippen molar-refractivity contribution in [1.29, 1.82) is 0 Å². The van der Waals surface area contributed by atoms with Crippen LogP contribution >= 0.6 is 45.2 Å². The summed E-state index contributed by atoms with van der Waals surface area (Å²) in [4.78, 5) is 39.1. The van der Waals surface area contributed by atoms with Crippen LogP contribution in [0.25, 0.3) is 6.08 Å². The van der Waals surface area contributed by atoms with Gasteiger partial charge in [0, 0.05) is 23.6 Å². The van der Waals surface area contributed by atoms with Crippen molar-refractivity contribution in [2.45, 2.75) is 26.7 Å². The van der Waals surface area contributed by atoms with Crippen molar-refractivity contribution < 1.29 is 24.0 Å². The summed E-state index contributed by atoms with van der Waals surface area (Å²) in [5.41, 5.74) is 1.42. The van der Waals surface area contributed by atoms with E-state index in [1.807, 2.05) is 6.92 Å². The molecule has 0 amide bonds. The van der Waals surface area contributed by atoms with Crippen molar-refractivity contribution in [3.63, 3.8) is 0 Å². The van der Waals surface area contributed by atoms with Crippen LogP contribution in [0.4, 0.5) is 5.69 Å². The lowest BCUT2D eigenvalue weighted by molar-refractivity contribution is -0.385. The topological polar surface area (TPSA) is 108 Å². The number of cyclic esters (lactones) is 1. The van der Waals surface area contributed by atoms with Gasteiger partial charge in [-0.1, -0.05) is 13.0 Å². The van der Waals surface area contributed by atoms with E-state index in [4.69, 9.17) is 9.47 Å². The third-order valence-corrected chi connectivity index (χ3v) is 5.95. The molecule has 2 aromatic rings. The first-order valence-corrected chi connectivity index (χ1v) is 11.3. The van der Waals surface area contributed by atoms with Crippen molar-refractivity contribution in [3.8, 4) is 5.75 Å². The summed E-state index contributed by atoms with van der Waals surface area (Å²) in [7, 11) is 0. The Morgan fingerprint density at radius 3 is 2.58 bits per heavy atom. The van der Waals surface area contributed by atoms with Gasteiger partial charge in [-0.2, -0.15) is 0 Å². The van der Waals surface area contributed by atoms with Crippen molar-refractivity contribution in [1.82, 2.24) is 0 Å². The van der Waals surface area contributed by atoms with E-state index in [0.717, 1.165) is 0 Å². The van der Waals surface area contributed by atoms with Gasteiger partial charge >= 0.3 is 11.9 Å². The summed E-state index contributed by atoms with van der Waals surface area (Å²) in [6, 6.07) is 8.05. The fraction of sp³-hybridized carbons (Fsp3) is 0.190. The summed E-state index contributed by atoms with van der Waals surface area (Å²) >= 11 is 4.13. The molecule has 0 aromatic heterocycles. The summed E-state index contributed by atoms with van der Waals surface area (Å²) in [6.07, 6.45) is 2.59. The number of carbonyl (C=O) groups excluding carboxylic acids is 2. The SMILES string of the molecule is CCCC(=O)Oc1c(I)cc(/C=C2\N=C(c3cccc([N+](=O)[O-])c3C)OC2=O)cc1I. The number of esters is 2. The van der Waals surface area contributed by atoms with Crippen LogP contribution < -0.4 is 4.74 Å². The van der Waals surface area contributed by atoms with Crippen LogP contribution in [0.3, 0.4) is 0 Å². The number of nitrogens with zero attached hydrogens (tertiary/aromatic N) is 2. The van der Waals surface area contributed by atoms with Crippen molar-refractivity contribution in [2.75, 3.05) is 0 Å². The van der Waals surface area contributed by atoms with E-state index in [1.54, 1.807) is 31.2 Å². The first-order valence-electron chi connectivity index (χ1n) is 9.18. The second-order valence-corrected chi connectivity index (χ2v) is 8.90. The van der Waals surface area contributed by atoms with E-state index in [2.05, 4.69) is 50.2 Å². The molecule has 10 heteroatoms. The van der Waals surface area contributed by atoms with E-state index in [0.29, 0.717) is 42.4 Å². The molecule has 0 saturated heterocycles. The number of nitro benzene ring substituents is 1. The normalized spacial score (nSPS) is 14.4. The second kappa shape index (κ2) is 9.85. The number of benzene rings is 2. The van der Waals surface area contributed by atoms with Gasteiger partial charge in [0.1, 0.15) is 0 Å². The fourth-order valence-electron chi connectivity index (χ4n) is 2.86. The molecular formula is C21H16I2N2O6. The van der Waals surface area contributed by atoms with Crippen molar-refractivity contribution >= 4 is 74.8 Å². The van der Waals surface area contributed by atoms with Gasteiger partial charge in [-0.25, -0.2) is 9.79 Å². The lowest BCUT2D eigenvalue weighted by atomic mass is 10.1. The van der Waals surface area contributed by atoms with Crippen LogP contribution in [0, 0.1) is 24.2 Å². The van der Waals surface area contributed by atoms with Gasteiger partial charge in [-0.05, 0) is 88.4 Å². The third kappa shape index (κ3) is 5.29. The molecule has 8 nitrogen and oxygen atoms in total. The van der Waals surface area contributed by atoms with Crippen LogP contribution in [-0.2, 0) is 14.3 Å². The average Bonchev–Trinajstić information content (AvgIpc) is 3.05. The maximum atomic E-state index is 12.3. The van der Waals surface area contributed by atoms with Crippen LogP contribution in [-0.4, -0.2) is 22.8 Å². The van der Waals surface area contributed by atoms with E-state index in [9.17, 15) is 19.7 Å². The Morgan fingerprint density at radius 1 is 1.29 bits per heavy atom. The Hall–Kier alpha value is -2.35. The zero-order valence-corrected chi connectivity index (χ0v) is 20.8. The molecule has 0 unspecified atom stereocenters. The summed E-state index contributed by atoms with van der Waals surface area (Å²) < 4.78 is 12.1. The standard InChI is InChI=1S/C21H16I2N2O6/c1-3-5-18(26)30-19-14(22)8-12(9-15(19)23)10-16-21(27)31-20(24-16)13-6-4-7-17(11(13)2)25(28)29/h4,6-10H,3,5H2,1-2H3/b16-10-. The Morgan fingerprint density at radius 2 is 1.97 bits per heavy atom. The number of halogens is 2. The highest BCUT2D eigenvalue weighted by Gasteiger charge is 2.27. The molecule has 0 atom stereocenters. The molecule has 1 aliphatic heterocycles. The highest BCUT2D eigenvalue weighted by molar-refractivity contribution is 14.1. The molecule has 0 fully saturated rings. The van der Waals surface area contributed by atoms with Gasteiger partial charge in [0.15, 0.2) is 11.4 Å². The Balaban J connectivity index is 1.93. The summed E-state index contributed by atoms with van der Waals surface area (Å²) in [5, 5.41) is 11.2. The van der Waals surface area contributed by atoms with E-state index in [-0.39, 0.29) is 23.3 Å². The molecule has 0 saturated carbocycles. The Labute approximate surface area is 205 Å². The minimum Gasteiger partial charge on any atom is -0.424 e. The molecular weight excluding hydrogens is 630 g/mol. The average molecular weight is 646 g/mol. The minimum atomic E-state index is -0.649. The monoisotopic (exact) mass is 646 g/mol. The lowest BCUT2D eigenvalue weighted by Gasteiger charge is -2.09. The molecule has 0 spiro atoms. The van der Waals surface area contributed by atoms with Gasteiger partial charge in [0.05, 0.1) is 12.1 Å². The summed E-state index contributed by atoms with van der Waals surface area (Å²) in [6.45, 7) is 3.48. The third-order valence-electron chi connectivity index (χ3n) is 4.35. The van der Waals surface area contributed by atoms with Crippen LogP contribution in [0.1, 0.15) is 36.5 Å². The highest BCUT2D eigenvalue weighted by atomic mass is 127. The van der Waals surface area contributed by atoms with Gasteiger partial charge in [-0.3, -0.25) is 14.9 Å². The smallest absolute Gasteiger partial charge is 0.363 e. The maximum absolute atomic E-state index is 12.3. The lowest BCUT2D eigenvalue weighted by Crippen LogP contribution is -2.09. The van der Waals surface area contributed by atoms with Crippen LogP contribution in [0.2, 0.25) is 0 Å². The molecule has 160 valence electrons. The minimum absolute atomic E-state index is 0.0203. The van der Waals surface area contributed by atoms with E-state index >= 15 is 0 Å². The molecule has 1 heterocycles. The fourth-order valence-corrected chi connectivity index (χ4v) is 4.90. The van der Waals surface area contributed by atoms with Crippen LogP contribution in [0.15, 0.2) is 41.0 Å². The van der Waals surface area contributed by atoms with Gasteiger partial charge in [0.25, 0.3) is 5.69 Å².